The van der Waals surface area contributed by atoms with Crippen LogP contribution in [0.4, 0.5) is 11.4 Å². The normalized spacial score (nSPS) is 18.3. The highest BCUT2D eigenvalue weighted by atomic mass is 16.5. The smallest absolute Gasteiger partial charge is 0.326 e. The van der Waals surface area contributed by atoms with Gasteiger partial charge in [-0.3, -0.25) is 14.4 Å². The summed E-state index contributed by atoms with van der Waals surface area (Å²) in [7, 11) is 0. The summed E-state index contributed by atoms with van der Waals surface area (Å²) in [6, 6.07) is 7.73. The molecule has 0 bridgehead atoms. The fraction of sp³-hybridized carbons (Fsp3) is 0.591. The van der Waals surface area contributed by atoms with E-state index in [1.807, 2.05) is 24.3 Å². The molecular weight excluding hydrogens is 370 g/mol. The van der Waals surface area contributed by atoms with Crippen LogP contribution in [0.5, 0.6) is 0 Å². The molecule has 1 N–H and O–H groups in total. The summed E-state index contributed by atoms with van der Waals surface area (Å²) in [4.78, 5) is 39.8. The number of ether oxygens (including phenoxy) is 1. The van der Waals surface area contributed by atoms with Gasteiger partial charge in [0.2, 0.25) is 5.91 Å². The van der Waals surface area contributed by atoms with Crippen molar-refractivity contribution in [1.82, 2.24) is 4.90 Å². The lowest BCUT2D eigenvalue weighted by molar-refractivity contribution is -0.151. The third-order valence-electron chi connectivity index (χ3n) is 5.66. The van der Waals surface area contributed by atoms with Crippen molar-refractivity contribution in [2.75, 3.05) is 43.0 Å². The molecule has 0 radical (unpaired) electrons. The number of rotatable bonds is 6. The third kappa shape index (κ3) is 6.48. The van der Waals surface area contributed by atoms with Gasteiger partial charge in [0.05, 0.1) is 0 Å². The Balaban J connectivity index is 1.41. The highest BCUT2D eigenvalue weighted by molar-refractivity contribution is 5.93. The van der Waals surface area contributed by atoms with Crippen molar-refractivity contribution in [3.8, 4) is 0 Å². The lowest BCUT2D eigenvalue weighted by atomic mass is 9.99. The molecule has 7 nitrogen and oxygen atoms in total. The zero-order valence-corrected chi connectivity index (χ0v) is 17.2. The molecule has 1 aromatic carbocycles. The van der Waals surface area contributed by atoms with Crippen molar-refractivity contribution in [2.45, 2.75) is 45.4 Å². The molecule has 0 unspecified atom stereocenters. The van der Waals surface area contributed by atoms with E-state index in [0.29, 0.717) is 18.7 Å². The number of benzene rings is 1. The summed E-state index contributed by atoms with van der Waals surface area (Å²) in [5.41, 5.74) is 1.83. The molecule has 2 amide bonds. The molecule has 2 fully saturated rings. The van der Waals surface area contributed by atoms with E-state index in [4.69, 9.17) is 4.74 Å². The monoisotopic (exact) mass is 401 g/mol. The van der Waals surface area contributed by atoms with Crippen LogP contribution in [0.15, 0.2) is 24.3 Å². The van der Waals surface area contributed by atoms with Gasteiger partial charge in [-0.15, -0.1) is 0 Å². The molecule has 2 aliphatic rings. The van der Waals surface area contributed by atoms with E-state index in [1.165, 1.54) is 17.7 Å². The zero-order valence-electron chi connectivity index (χ0n) is 17.2. The lowest BCUT2D eigenvalue weighted by Crippen LogP contribution is -2.36. The fourth-order valence-electron chi connectivity index (χ4n) is 3.77. The molecule has 29 heavy (non-hydrogen) atoms. The molecule has 0 spiro atoms. The molecule has 0 saturated carbocycles. The maximum atomic E-state index is 12.1. The third-order valence-corrected chi connectivity index (χ3v) is 5.66. The van der Waals surface area contributed by atoms with Crippen LogP contribution < -0.4 is 10.2 Å². The van der Waals surface area contributed by atoms with Gasteiger partial charge in [0.1, 0.15) is 6.54 Å². The van der Waals surface area contributed by atoms with Crippen molar-refractivity contribution in [1.29, 1.82) is 0 Å². The number of carbonyl (C=O) groups is 3. The maximum absolute atomic E-state index is 12.1. The Labute approximate surface area is 172 Å². The molecule has 3 rings (SSSR count). The van der Waals surface area contributed by atoms with E-state index < -0.39 is 5.97 Å². The van der Waals surface area contributed by atoms with E-state index in [9.17, 15) is 14.4 Å². The van der Waals surface area contributed by atoms with Gasteiger partial charge in [-0.1, -0.05) is 13.3 Å². The number of esters is 1. The molecule has 2 heterocycles. The molecule has 0 atom stereocenters. The van der Waals surface area contributed by atoms with E-state index >= 15 is 0 Å². The zero-order chi connectivity index (χ0) is 20.6. The topological polar surface area (TPSA) is 79.0 Å². The minimum absolute atomic E-state index is 0.0212. The Morgan fingerprint density at radius 2 is 1.79 bits per heavy atom. The van der Waals surface area contributed by atoms with Crippen molar-refractivity contribution < 1.29 is 19.1 Å². The Bertz CT molecular complexity index is 711. The summed E-state index contributed by atoms with van der Waals surface area (Å²) in [5, 5.41) is 2.74. The van der Waals surface area contributed by atoms with E-state index in [0.717, 1.165) is 44.0 Å². The Kier molecular flexibility index (Phi) is 7.49. The summed E-state index contributed by atoms with van der Waals surface area (Å²) < 4.78 is 5.04. The highest BCUT2D eigenvalue weighted by Crippen LogP contribution is 2.24. The largest absolute Gasteiger partial charge is 0.454 e. The molecule has 0 aliphatic carbocycles. The Morgan fingerprint density at radius 3 is 2.52 bits per heavy atom. The first-order chi connectivity index (χ1) is 14.0. The maximum Gasteiger partial charge on any atom is 0.326 e. The van der Waals surface area contributed by atoms with Crippen LogP contribution in [0.3, 0.4) is 0 Å². The number of carbonyl (C=O) groups excluding carboxylic acids is 3. The van der Waals surface area contributed by atoms with Gasteiger partial charge in [-0.2, -0.15) is 0 Å². The minimum Gasteiger partial charge on any atom is -0.454 e. The summed E-state index contributed by atoms with van der Waals surface area (Å²) in [5.74, 6) is -0.178. The van der Waals surface area contributed by atoms with Crippen molar-refractivity contribution in [3.05, 3.63) is 24.3 Å². The second-order valence-electron chi connectivity index (χ2n) is 8.05. The van der Waals surface area contributed by atoms with E-state index in [-0.39, 0.29) is 25.0 Å². The van der Waals surface area contributed by atoms with Crippen LogP contribution in [0.25, 0.3) is 0 Å². The number of anilines is 2. The second-order valence-corrected chi connectivity index (χ2v) is 8.05. The molecule has 2 saturated heterocycles. The van der Waals surface area contributed by atoms with Crippen LogP contribution in [0, 0.1) is 5.92 Å². The number of amides is 2. The van der Waals surface area contributed by atoms with Crippen LogP contribution in [0.1, 0.15) is 45.4 Å². The lowest BCUT2D eigenvalue weighted by Gasteiger charge is -2.32. The first-order valence-electron chi connectivity index (χ1n) is 10.6. The number of hydrogen-bond donors (Lipinski definition) is 1. The summed E-state index contributed by atoms with van der Waals surface area (Å²) >= 11 is 0. The number of nitrogens with zero attached hydrogens (tertiary/aromatic N) is 2. The first kappa shape index (κ1) is 21.1. The molecule has 158 valence electrons. The van der Waals surface area contributed by atoms with Gasteiger partial charge < -0.3 is 19.9 Å². The average Bonchev–Trinajstić information content (AvgIpc) is 2.92. The van der Waals surface area contributed by atoms with Gasteiger partial charge in [-0.05, 0) is 55.9 Å². The molecule has 0 aromatic heterocycles. The van der Waals surface area contributed by atoms with Crippen LogP contribution in [0.2, 0.25) is 0 Å². The quantitative estimate of drug-likeness (QED) is 0.742. The van der Waals surface area contributed by atoms with Crippen LogP contribution in [-0.4, -0.2) is 55.5 Å². The molecular formula is C22H31N3O4. The summed E-state index contributed by atoms with van der Waals surface area (Å²) in [6.07, 6.45) is 5.63. The Hall–Kier alpha value is -2.57. The number of nitrogens with one attached hydrogen (secondary N) is 1. The number of likely N-dealkylation sites (tertiary alicyclic amines) is 1. The highest BCUT2D eigenvalue weighted by Gasteiger charge is 2.20. The van der Waals surface area contributed by atoms with Gasteiger partial charge in [0.25, 0.3) is 5.91 Å². The van der Waals surface area contributed by atoms with Crippen molar-refractivity contribution >= 4 is 29.2 Å². The van der Waals surface area contributed by atoms with Gasteiger partial charge in [-0.25, -0.2) is 0 Å². The molecule has 7 heteroatoms. The average molecular weight is 402 g/mol. The standard InChI is InChI=1S/C22H31N3O4/c1-17-10-13-24(14-11-17)19-8-6-18(7-9-19)23-20(26)16-29-22(28)15-25-12-4-2-3-5-21(25)27/h6-9,17H,2-5,10-16H2,1H3,(H,23,26). The van der Waals surface area contributed by atoms with E-state index in [1.54, 1.807) is 0 Å². The second kappa shape index (κ2) is 10.3. The van der Waals surface area contributed by atoms with Crippen molar-refractivity contribution in [2.24, 2.45) is 5.92 Å². The number of piperidine rings is 1. The van der Waals surface area contributed by atoms with Crippen LogP contribution >= 0.6 is 0 Å². The molecule has 1 aromatic rings. The van der Waals surface area contributed by atoms with Crippen LogP contribution in [-0.2, 0) is 19.1 Å². The first-order valence-corrected chi connectivity index (χ1v) is 10.6. The fourth-order valence-corrected chi connectivity index (χ4v) is 3.77. The SMILES string of the molecule is CC1CCN(c2ccc(NC(=O)COC(=O)CN3CCCCCC3=O)cc2)CC1. The van der Waals surface area contributed by atoms with Crippen molar-refractivity contribution in [3.63, 3.8) is 0 Å². The van der Waals surface area contributed by atoms with E-state index in [2.05, 4.69) is 17.1 Å². The number of hydrogen-bond acceptors (Lipinski definition) is 5. The summed E-state index contributed by atoms with van der Waals surface area (Å²) in [6.45, 7) is 4.53. The molecule has 2 aliphatic heterocycles. The predicted molar refractivity (Wildman–Crippen MR) is 112 cm³/mol. The van der Waals surface area contributed by atoms with Gasteiger partial charge in [0, 0.05) is 37.4 Å². The minimum atomic E-state index is -0.551. The van der Waals surface area contributed by atoms with Gasteiger partial charge >= 0.3 is 5.97 Å². The van der Waals surface area contributed by atoms with Gasteiger partial charge in [0.15, 0.2) is 6.61 Å². The predicted octanol–water partition coefficient (Wildman–Crippen LogP) is 2.81. The Morgan fingerprint density at radius 1 is 1.07 bits per heavy atom.